The fourth-order valence-electron chi connectivity index (χ4n) is 2.89. The summed E-state index contributed by atoms with van der Waals surface area (Å²) in [6.07, 6.45) is 1.44. The van der Waals surface area contributed by atoms with E-state index in [-0.39, 0.29) is 17.9 Å². The fraction of sp³-hybridized carbons (Fsp3) is 0.353. The van der Waals surface area contributed by atoms with Crippen LogP contribution in [0.15, 0.2) is 29.3 Å². The Kier molecular flexibility index (Phi) is 4.22. The maximum atomic E-state index is 14.3. The van der Waals surface area contributed by atoms with Gasteiger partial charge in [-0.25, -0.2) is 9.37 Å². The van der Waals surface area contributed by atoms with Crippen molar-refractivity contribution in [3.63, 3.8) is 0 Å². The minimum absolute atomic E-state index is 0.238. The number of fused-ring (bicyclic) bond motifs is 1. The van der Waals surface area contributed by atoms with Crippen LogP contribution >= 0.6 is 11.3 Å². The average molecular weight is 360 g/mol. The Balaban J connectivity index is 1.76. The summed E-state index contributed by atoms with van der Waals surface area (Å²) in [6, 6.07) is 5.29. The molecule has 6 nitrogen and oxygen atoms in total. The second-order valence-corrected chi connectivity index (χ2v) is 6.95. The normalized spacial score (nSPS) is 15.0. The van der Waals surface area contributed by atoms with E-state index in [9.17, 15) is 9.18 Å². The zero-order chi connectivity index (χ0) is 17.4. The van der Waals surface area contributed by atoms with Gasteiger partial charge in [0.15, 0.2) is 10.8 Å². The smallest absolute Gasteiger partial charge is 0.292 e. The molecule has 0 N–H and O–H groups in total. The van der Waals surface area contributed by atoms with E-state index in [2.05, 4.69) is 14.9 Å². The van der Waals surface area contributed by atoms with Gasteiger partial charge < -0.3 is 14.2 Å². The maximum Gasteiger partial charge on any atom is 0.292 e. The van der Waals surface area contributed by atoms with E-state index in [0.29, 0.717) is 34.7 Å². The molecule has 0 aliphatic carbocycles. The topological polar surface area (TPSA) is 60.2 Å². The Labute approximate surface area is 147 Å². The van der Waals surface area contributed by atoms with Crippen LogP contribution in [0.3, 0.4) is 0 Å². The molecule has 0 spiro atoms. The minimum Gasteiger partial charge on any atom is -0.378 e. The van der Waals surface area contributed by atoms with Gasteiger partial charge in [-0.1, -0.05) is 29.5 Å². The summed E-state index contributed by atoms with van der Waals surface area (Å²) in [5, 5.41) is 0.780. The molecular weight excluding hydrogens is 343 g/mol. The van der Waals surface area contributed by atoms with Gasteiger partial charge >= 0.3 is 0 Å². The number of halogens is 1. The molecular formula is C17H17FN4O2S. The van der Waals surface area contributed by atoms with Crippen molar-refractivity contribution in [1.82, 2.24) is 14.5 Å². The molecule has 25 heavy (non-hydrogen) atoms. The average Bonchev–Trinajstić information content (AvgIpc) is 3.08. The van der Waals surface area contributed by atoms with Crippen LogP contribution in [0, 0.1) is 12.7 Å². The number of nitrogens with zero attached hydrogens (tertiary/aromatic N) is 4. The van der Waals surface area contributed by atoms with Crippen LogP contribution in [0.25, 0.3) is 10.3 Å². The van der Waals surface area contributed by atoms with Crippen molar-refractivity contribution >= 4 is 26.8 Å². The zero-order valence-electron chi connectivity index (χ0n) is 13.7. The minimum atomic E-state index is -0.298. The largest absolute Gasteiger partial charge is 0.378 e. The van der Waals surface area contributed by atoms with Crippen molar-refractivity contribution in [3.05, 3.63) is 51.8 Å². The van der Waals surface area contributed by atoms with Crippen molar-refractivity contribution in [2.75, 3.05) is 31.2 Å². The molecule has 4 rings (SSSR count). The van der Waals surface area contributed by atoms with E-state index < -0.39 is 0 Å². The molecule has 0 amide bonds. The summed E-state index contributed by atoms with van der Waals surface area (Å²) in [5.41, 5.74) is 1.39. The quantitative estimate of drug-likeness (QED) is 0.717. The number of aryl methyl sites for hydroxylation is 1. The van der Waals surface area contributed by atoms with Crippen LogP contribution in [0.4, 0.5) is 9.52 Å². The molecule has 8 heteroatoms. The van der Waals surface area contributed by atoms with E-state index >= 15 is 0 Å². The van der Waals surface area contributed by atoms with Gasteiger partial charge in [0.2, 0.25) is 0 Å². The van der Waals surface area contributed by atoms with Crippen LogP contribution < -0.4 is 10.5 Å². The highest BCUT2D eigenvalue weighted by Crippen LogP contribution is 2.27. The highest BCUT2D eigenvalue weighted by Gasteiger charge is 2.19. The third kappa shape index (κ3) is 3.03. The molecule has 0 saturated carbocycles. The van der Waals surface area contributed by atoms with Crippen LogP contribution in [-0.4, -0.2) is 40.8 Å². The highest BCUT2D eigenvalue weighted by atomic mass is 32.1. The van der Waals surface area contributed by atoms with Gasteiger partial charge in [0, 0.05) is 18.7 Å². The van der Waals surface area contributed by atoms with Gasteiger partial charge in [0.25, 0.3) is 5.56 Å². The third-order valence-electron chi connectivity index (χ3n) is 4.27. The first-order valence-electron chi connectivity index (χ1n) is 8.06. The van der Waals surface area contributed by atoms with Gasteiger partial charge in [-0.3, -0.25) is 4.79 Å². The predicted octanol–water partition coefficient (Wildman–Crippen LogP) is 2.19. The molecule has 0 bridgehead atoms. The van der Waals surface area contributed by atoms with Gasteiger partial charge in [0.1, 0.15) is 16.8 Å². The highest BCUT2D eigenvalue weighted by molar-refractivity contribution is 7.22. The predicted molar refractivity (Wildman–Crippen MR) is 94.9 cm³/mol. The summed E-state index contributed by atoms with van der Waals surface area (Å²) in [4.78, 5) is 22.8. The van der Waals surface area contributed by atoms with Crippen LogP contribution in [0.2, 0.25) is 0 Å². The number of thiazole rings is 1. The van der Waals surface area contributed by atoms with Crippen molar-refractivity contribution in [1.29, 1.82) is 0 Å². The molecule has 0 atom stereocenters. The number of hydrogen-bond acceptors (Lipinski definition) is 6. The molecule has 3 heterocycles. The molecule has 2 aromatic heterocycles. The summed E-state index contributed by atoms with van der Waals surface area (Å²) in [5.74, 6) is -0.238. The first kappa shape index (κ1) is 16.2. The molecule has 1 aromatic carbocycles. The Morgan fingerprint density at radius 2 is 2.12 bits per heavy atom. The van der Waals surface area contributed by atoms with E-state index in [4.69, 9.17) is 4.74 Å². The number of benzene rings is 1. The molecule has 3 aromatic rings. The van der Waals surface area contributed by atoms with Gasteiger partial charge in [-0.15, -0.1) is 0 Å². The summed E-state index contributed by atoms with van der Waals surface area (Å²) in [7, 11) is 0. The number of anilines is 1. The standard InChI is InChI=1S/C17H17FN4O2S/c1-11-3-2-4-12(13(11)18)9-22-10-19-16(23)14-15(22)20-17(25-14)21-5-7-24-8-6-21/h2-4,10H,5-9H2,1H3. The van der Waals surface area contributed by atoms with E-state index in [0.717, 1.165) is 18.2 Å². The summed E-state index contributed by atoms with van der Waals surface area (Å²) in [6.45, 7) is 4.79. The monoisotopic (exact) mass is 360 g/mol. The Morgan fingerprint density at radius 3 is 2.92 bits per heavy atom. The number of ether oxygens (including phenoxy) is 1. The Morgan fingerprint density at radius 1 is 1.32 bits per heavy atom. The van der Waals surface area contributed by atoms with Crippen molar-refractivity contribution in [2.45, 2.75) is 13.5 Å². The van der Waals surface area contributed by atoms with E-state index in [1.54, 1.807) is 23.6 Å². The SMILES string of the molecule is Cc1cccc(Cn2cnc(=O)c3sc(N4CCOCC4)nc32)c1F. The van der Waals surface area contributed by atoms with Crippen molar-refractivity contribution in [3.8, 4) is 0 Å². The number of aromatic nitrogens is 3. The van der Waals surface area contributed by atoms with Crippen LogP contribution in [0.5, 0.6) is 0 Å². The molecule has 0 radical (unpaired) electrons. The lowest BCUT2D eigenvalue weighted by Gasteiger charge is -2.25. The third-order valence-corrected chi connectivity index (χ3v) is 5.37. The van der Waals surface area contributed by atoms with Crippen LogP contribution in [-0.2, 0) is 11.3 Å². The second kappa shape index (κ2) is 6.53. The van der Waals surface area contributed by atoms with Gasteiger partial charge in [-0.05, 0) is 12.5 Å². The van der Waals surface area contributed by atoms with E-state index in [1.807, 2.05) is 6.07 Å². The number of morpholine rings is 1. The lowest BCUT2D eigenvalue weighted by atomic mass is 10.1. The first-order valence-corrected chi connectivity index (χ1v) is 8.88. The van der Waals surface area contributed by atoms with Gasteiger partial charge in [-0.2, -0.15) is 4.98 Å². The van der Waals surface area contributed by atoms with Crippen LogP contribution in [0.1, 0.15) is 11.1 Å². The summed E-state index contributed by atoms with van der Waals surface area (Å²) >= 11 is 1.33. The lowest BCUT2D eigenvalue weighted by Crippen LogP contribution is -2.36. The van der Waals surface area contributed by atoms with Crippen molar-refractivity contribution < 1.29 is 9.13 Å². The van der Waals surface area contributed by atoms with Crippen molar-refractivity contribution in [2.24, 2.45) is 0 Å². The fourth-order valence-corrected chi connectivity index (χ4v) is 3.91. The molecule has 130 valence electrons. The molecule has 1 saturated heterocycles. The maximum absolute atomic E-state index is 14.3. The molecule has 1 aliphatic heterocycles. The summed E-state index contributed by atoms with van der Waals surface area (Å²) < 4.78 is 21.9. The first-order chi connectivity index (χ1) is 12.1. The number of rotatable bonds is 3. The molecule has 0 unspecified atom stereocenters. The molecule has 1 fully saturated rings. The van der Waals surface area contributed by atoms with E-state index in [1.165, 1.54) is 17.7 Å². The Hall–Kier alpha value is -2.32. The second-order valence-electron chi connectivity index (χ2n) is 5.97. The van der Waals surface area contributed by atoms with Gasteiger partial charge in [0.05, 0.1) is 19.8 Å². The number of hydrogen-bond donors (Lipinski definition) is 0. The zero-order valence-corrected chi connectivity index (χ0v) is 14.6. The molecule has 1 aliphatic rings. The lowest BCUT2D eigenvalue weighted by molar-refractivity contribution is 0.122. The Bertz CT molecular complexity index is 978.